The third-order valence-corrected chi connectivity index (χ3v) is 2.91. The van der Waals surface area contributed by atoms with E-state index in [4.69, 9.17) is 14.9 Å². The number of aliphatic carboxylic acids is 1. The summed E-state index contributed by atoms with van der Waals surface area (Å²) in [6.45, 7) is 0.450. The van der Waals surface area contributed by atoms with Crippen molar-refractivity contribution in [2.75, 3.05) is 7.11 Å². The number of carbonyl (C=O) groups is 2. The number of benzene rings is 1. The van der Waals surface area contributed by atoms with Gasteiger partial charge in [0.2, 0.25) is 5.76 Å². The number of rotatable bonds is 6. The first-order valence-electron chi connectivity index (χ1n) is 6.33. The minimum absolute atomic E-state index is 0.196. The maximum Gasteiger partial charge on any atom is 0.371 e. The Balaban J connectivity index is 2.09. The predicted octanol–water partition coefficient (Wildman–Crippen LogP) is 1.65. The van der Waals surface area contributed by atoms with Gasteiger partial charge in [-0.2, -0.15) is 5.10 Å². The minimum Gasteiger partial charge on any atom is -0.502 e. The Bertz CT molecular complexity index is 716. The number of carboxylic acids is 1. The molecular weight excluding hydrogens is 288 g/mol. The molecule has 0 spiro atoms. The van der Waals surface area contributed by atoms with Crippen LogP contribution in [0.5, 0.6) is 5.75 Å². The third kappa shape index (κ3) is 3.72. The number of ether oxygens (including phenoxy) is 1. The van der Waals surface area contributed by atoms with E-state index in [-0.39, 0.29) is 5.56 Å². The molecule has 0 atom stereocenters. The lowest BCUT2D eigenvalue weighted by Gasteiger charge is -2.03. The highest BCUT2D eigenvalue weighted by atomic mass is 16.5. The standard InChI is InChI=1S/C15H14N2O5/c1-22-12-4-2-10(3-5-12)8-17-9-11(7-16-17)13(18)6-14(19)15(20)21/h2-7,9,19H,8H2,1H3,(H,20,21). The monoisotopic (exact) mass is 302 g/mol. The molecule has 0 fully saturated rings. The Morgan fingerprint density at radius 3 is 2.55 bits per heavy atom. The largest absolute Gasteiger partial charge is 0.502 e. The molecule has 22 heavy (non-hydrogen) atoms. The fourth-order valence-electron chi connectivity index (χ4n) is 1.76. The summed E-state index contributed by atoms with van der Waals surface area (Å²) in [5.41, 5.74) is 1.16. The number of hydrogen-bond donors (Lipinski definition) is 2. The summed E-state index contributed by atoms with van der Waals surface area (Å²) in [4.78, 5) is 22.2. The number of aromatic nitrogens is 2. The quantitative estimate of drug-likeness (QED) is 0.478. The molecule has 0 amide bonds. The van der Waals surface area contributed by atoms with Crippen molar-refractivity contribution >= 4 is 11.8 Å². The number of aliphatic hydroxyl groups is 1. The molecule has 0 radical (unpaired) electrons. The molecule has 0 saturated carbocycles. The topological polar surface area (TPSA) is 102 Å². The van der Waals surface area contributed by atoms with Crippen LogP contribution in [0.1, 0.15) is 15.9 Å². The van der Waals surface area contributed by atoms with Crippen molar-refractivity contribution in [2.24, 2.45) is 0 Å². The van der Waals surface area contributed by atoms with E-state index in [2.05, 4.69) is 5.10 Å². The van der Waals surface area contributed by atoms with Gasteiger partial charge < -0.3 is 14.9 Å². The normalized spacial score (nSPS) is 11.2. The van der Waals surface area contributed by atoms with Crippen molar-refractivity contribution in [2.45, 2.75) is 6.54 Å². The van der Waals surface area contributed by atoms with Crippen LogP contribution in [-0.4, -0.2) is 38.9 Å². The molecule has 0 bridgehead atoms. The second-order valence-electron chi connectivity index (χ2n) is 4.47. The molecule has 2 rings (SSSR count). The van der Waals surface area contributed by atoms with Crippen LogP contribution in [0.2, 0.25) is 0 Å². The van der Waals surface area contributed by atoms with Crippen LogP contribution in [0.15, 0.2) is 48.5 Å². The van der Waals surface area contributed by atoms with Gasteiger partial charge in [0, 0.05) is 12.3 Å². The summed E-state index contributed by atoms with van der Waals surface area (Å²) in [6.07, 6.45) is 3.45. The SMILES string of the molecule is COc1ccc(Cn2cc(C(=O)C=C(O)C(=O)O)cn2)cc1. The number of carbonyl (C=O) groups excluding carboxylic acids is 1. The van der Waals surface area contributed by atoms with E-state index in [1.54, 1.807) is 11.8 Å². The lowest BCUT2D eigenvalue weighted by molar-refractivity contribution is -0.135. The van der Waals surface area contributed by atoms with Gasteiger partial charge in [-0.05, 0) is 17.7 Å². The van der Waals surface area contributed by atoms with Crippen LogP contribution in [0.3, 0.4) is 0 Å². The fourth-order valence-corrected chi connectivity index (χ4v) is 1.76. The molecule has 0 aliphatic rings. The van der Waals surface area contributed by atoms with E-state index in [1.807, 2.05) is 24.3 Å². The van der Waals surface area contributed by atoms with E-state index < -0.39 is 17.5 Å². The first-order chi connectivity index (χ1) is 10.5. The Morgan fingerprint density at radius 1 is 1.27 bits per heavy atom. The summed E-state index contributed by atoms with van der Waals surface area (Å²) >= 11 is 0. The molecule has 0 aliphatic heterocycles. The molecule has 0 unspecified atom stereocenters. The van der Waals surface area contributed by atoms with Crippen LogP contribution in [0.4, 0.5) is 0 Å². The summed E-state index contributed by atoms with van der Waals surface area (Å²) in [7, 11) is 1.58. The number of hydrogen-bond acceptors (Lipinski definition) is 5. The van der Waals surface area contributed by atoms with Crippen molar-refractivity contribution in [1.82, 2.24) is 9.78 Å². The van der Waals surface area contributed by atoms with Gasteiger partial charge in [0.25, 0.3) is 0 Å². The zero-order valence-corrected chi connectivity index (χ0v) is 11.8. The fraction of sp³-hybridized carbons (Fsp3) is 0.133. The van der Waals surface area contributed by atoms with E-state index in [0.29, 0.717) is 12.6 Å². The van der Waals surface area contributed by atoms with Crippen molar-refractivity contribution in [1.29, 1.82) is 0 Å². The van der Waals surface area contributed by atoms with Crippen molar-refractivity contribution < 1.29 is 24.5 Å². The summed E-state index contributed by atoms with van der Waals surface area (Å²) in [5, 5.41) is 21.6. The van der Waals surface area contributed by atoms with Crippen LogP contribution in [0, 0.1) is 0 Å². The summed E-state index contributed by atoms with van der Waals surface area (Å²) < 4.78 is 6.61. The maximum absolute atomic E-state index is 11.7. The molecule has 1 aromatic heterocycles. The number of nitrogens with zero attached hydrogens (tertiary/aromatic N) is 2. The van der Waals surface area contributed by atoms with Gasteiger partial charge in [0.05, 0.1) is 25.4 Å². The third-order valence-electron chi connectivity index (χ3n) is 2.91. The zero-order chi connectivity index (χ0) is 16.1. The zero-order valence-electron chi connectivity index (χ0n) is 11.8. The van der Waals surface area contributed by atoms with Crippen LogP contribution < -0.4 is 4.74 Å². The lowest BCUT2D eigenvalue weighted by atomic mass is 10.2. The Labute approximate surface area is 126 Å². The first-order valence-corrected chi connectivity index (χ1v) is 6.33. The van der Waals surface area contributed by atoms with Gasteiger partial charge in [-0.25, -0.2) is 4.79 Å². The van der Waals surface area contributed by atoms with Gasteiger partial charge in [0.15, 0.2) is 5.78 Å². The van der Waals surface area contributed by atoms with Crippen molar-refractivity contribution in [3.05, 3.63) is 59.6 Å². The van der Waals surface area contributed by atoms with Gasteiger partial charge in [-0.1, -0.05) is 12.1 Å². The molecule has 7 heteroatoms. The van der Waals surface area contributed by atoms with Crippen LogP contribution in [-0.2, 0) is 11.3 Å². The molecule has 1 heterocycles. The number of carboxylic acid groups (broad SMARTS) is 1. The van der Waals surface area contributed by atoms with E-state index in [9.17, 15) is 9.59 Å². The molecule has 2 aromatic rings. The minimum atomic E-state index is -1.56. The number of methoxy groups -OCH3 is 1. The van der Waals surface area contributed by atoms with Gasteiger partial charge in [-0.15, -0.1) is 0 Å². The molecule has 7 nitrogen and oxygen atoms in total. The molecule has 1 aromatic carbocycles. The number of aliphatic hydroxyl groups excluding tert-OH is 1. The van der Waals surface area contributed by atoms with Crippen molar-refractivity contribution in [3.63, 3.8) is 0 Å². The lowest BCUT2D eigenvalue weighted by Crippen LogP contribution is -2.03. The highest BCUT2D eigenvalue weighted by molar-refractivity contribution is 6.07. The van der Waals surface area contributed by atoms with Crippen LogP contribution in [0.25, 0.3) is 0 Å². The van der Waals surface area contributed by atoms with E-state index in [0.717, 1.165) is 11.3 Å². The molecule has 2 N–H and O–H groups in total. The van der Waals surface area contributed by atoms with Crippen molar-refractivity contribution in [3.8, 4) is 5.75 Å². The maximum atomic E-state index is 11.7. The van der Waals surface area contributed by atoms with Crippen LogP contribution >= 0.6 is 0 Å². The Kier molecular flexibility index (Phi) is 4.57. The highest BCUT2D eigenvalue weighted by Gasteiger charge is 2.11. The first kappa shape index (κ1) is 15.3. The Hall–Kier alpha value is -3.09. The summed E-state index contributed by atoms with van der Waals surface area (Å²) in [5.74, 6) is -2.44. The van der Waals surface area contributed by atoms with Gasteiger partial charge in [-0.3, -0.25) is 9.48 Å². The average molecular weight is 302 g/mol. The number of ketones is 1. The molecule has 0 saturated heterocycles. The predicted molar refractivity (Wildman–Crippen MR) is 77.0 cm³/mol. The van der Waals surface area contributed by atoms with Gasteiger partial charge in [0.1, 0.15) is 5.75 Å². The smallest absolute Gasteiger partial charge is 0.371 e. The van der Waals surface area contributed by atoms with E-state index in [1.165, 1.54) is 12.4 Å². The Morgan fingerprint density at radius 2 is 1.95 bits per heavy atom. The average Bonchev–Trinajstić information content (AvgIpc) is 2.96. The number of allylic oxidation sites excluding steroid dienone is 1. The van der Waals surface area contributed by atoms with E-state index >= 15 is 0 Å². The second-order valence-corrected chi connectivity index (χ2v) is 4.47. The summed E-state index contributed by atoms with van der Waals surface area (Å²) in [6, 6.07) is 7.38. The van der Waals surface area contributed by atoms with Gasteiger partial charge >= 0.3 is 5.97 Å². The second kappa shape index (κ2) is 6.57. The molecule has 114 valence electrons. The highest BCUT2D eigenvalue weighted by Crippen LogP contribution is 2.12. The molecule has 0 aliphatic carbocycles. The molecular formula is C15H14N2O5.